The first kappa shape index (κ1) is 13.0. The predicted molar refractivity (Wildman–Crippen MR) is 68.8 cm³/mol. The van der Waals surface area contributed by atoms with E-state index in [0.29, 0.717) is 0 Å². The number of benzene rings is 1. The van der Waals surface area contributed by atoms with E-state index in [4.69, 9.17) is 4.74 Å². The third kappa shape index (κ3) is 3.52. The number of ether oxygens (including phenoxy) is 1. The minimum atomic E-state index is -0.480. The van der Waals surface area contributed by atoms with E-state index in [9.17, 15) is 4.79 Å². The Morgan fingerprint density at radius 1 is 1.31 bits per heavy atom. The van der Waals surface area contributed by atoms with E-state index in [1.165, 1.54) is 4.90 Å². The molecule has 0 saturated carbocycles. The van der Waals surface area contributed by atoms with E-state index >= 15 is 0 Å². The van der Waals surface area contributed by atoms with Gasteiger partial charge < -0.3 is 4.74 Å². The number of anilines is 1. The lowest BCUT2D eigenvalue weighted by Crippen LogP contribution is -2.34. The molecule has 4 heteroatoms. The van der Waals surface area contributed by atoms with Crippen molar-refractivity contribution in [1.29, 1.82) is 0 Å². The highest BCUT2D eigenvalue weighted by Gasteiger charge is 2.21. The van der Waals surface area contributed by atoms with Crippen molar-refractivity contribution in [2.45, 2.75) is 26.4 Å². The molecule has 0 fully saturated rings. The van der Waals surface area contributed by atoms with Gasteiger partial charge in [0.05, 0.1) is 5.69 Å². The molecule has 16 heavy (non-hydrogen) atoms. The number of rotatable bonds is 1. The molecule has 0 aliphatic heterocycles. The molecule has 1 amide bonds. The lowest BCUT2D eigenvalue weighted by molar-refractivity contribution is 0.0589. The normalized spacial score (nSPS) is 11.1. The van der Waals surface area contributed by atoms with Gasteiger partial charge >= 0.3 is 6.09 Å². The summed E-state index contributed by atoms with van der Waals surface area (Å²) in [6.07, 6.45) is -0.362. The summed E-state index contributed by atoms with van der Waals surface area (Å²) in [7, 11) is 1.69. The maximum absolute atomic E-state index is 11.8. The second-order valence-corrected chi connectivity index (χ2v) is 5.35. The molecular formula is C12H16BrNO2. The number of hydrogen-bond donors (Lipinski definition) is 0. The van der Waals surface area contributed by atoms with Crippen molar-refractivity contribution >= 4 is 27.7 Å². The van der Waals surface area contributed by atoms with Crippen molar-refractivity contribution in [3.8, 4) is 0 Å². The van der Waals surface area contributed by atoms with Crippen LogP contribution >= 0.6 is 15.9 Å². The monoisotopic (exact) mass is 285 g/mol. The molecule has 1 aromatic carbocycles. The number of nitrogens with zero attached hydrogens (tertiary/aromatic N) is 1. The zero-order valence-corrected chi connectivity index (χ0v) is 11.5. The van der Waals surface area contributed by atoms with Crippen LogP contribution in [0.1, 0.15) is 20.8 Å². The molecule has 0 atom stereocenters. The lowest BCUT2D eigenvalue weighted by atomic mass is 10.2. The fraction of sp³-hybridized carbons (Fsp3) is 0.417. The summed E-state index contributed by atoms with van der Waals surface area (Å²) in [6.45, 7) is 5.54. The second-order valence-electron chi connectivity index (χ2n) is 4.49. The summed E-state index contributed by atoms with van der Waals surface area (Å²) in [5.41, 5.74) is 0.309. The van der Waals surface area contributed by atoms with Crippen LogP contribution in [0, 0.1) is 0 Å². The number of carbonyl (C=O) groups is 1. The molecule has 1 aromatic rings. The Morgan fingerprint density at radius 2 is 1.88 bits per heavy atom. The molecule has 0 spiro atoms. The molecule has 0 radical (unpaired) electrons. The number of amides is 1. The number of halogens is 1. The maximum Gasteiger partial charge on any atom is 0.414 e. The summed E-state index contributed by atoms with van der Waals surface area (Å²) >= 11 is 3.40. The molecule has 0 bridgehead atoms. The topological polar surface area (TPSA) is 29.5 Å². The van der Waals surface area contributed by atoms with Crippen LogP contribution in [0.25, 0.3) is 0 Å². The zero-order chi connectivity index (χ0) is 12.3. The van der Waals surface area contributed by atoms with Crippen molar-refractivity contribution in [2.24, 2.45) is 0 Å². The van der Waals surface area contributed by atoms with Crippen LogP contribution in [0.5, 0.6) is 0 Å². The third-order valence-corrected chi connectivity index (χ3v) is 2.55. The van der Waals surface area contributed by atoms with Crippen molar-refractivity contribution < 1.29 is 9.53 Å². The fourth-order valence-electron chi connectivity index (χ4n) is 1.15. The third-order valence-electron chi connectivity index (χ3n) is 1.88. The van der Waals surface area contributed by atoms with Crippen LogP contribution in [0.2, 0.25) is 0 Å². The molecule has 0 aromatic heterocycles. The molecule has 0 saturated heterocycles. The highest BCUT2D eigenvalue weighted by molar-refractivity contribution is 9.10. The fourth-order valence-corrected chi connectivity index (χ4v) is 1.70. The molecule has 1 rings (SSSR count). The van der Waals surface area contributed by atoms with Gasteiger partial charge in [-0.2, -0.15) is 0 Å². The zero-order valence-electron chi connectivity index (χ0n) is 9.95. The van der Waals surface area contributed by atoms with Gasteiger partial charge in [0, 0.05) is 11.5 Å². The first-order valence-electron chi connectivity index (χ1n) is 5.02. The maximum atomic E-state index is 11.8. The van der Waals surface area contributed by atoms with Crippen molar-refractivity contribution in [2.75, 3.05) is 11.9 Å². The average Bonchev–Trinajstić information content (AvgIpc) is 2.15. The summed E-state index contributed by atoms with van der Waals surface area (Å²) < 4.78 is 6.14. The Balaban J connectivity index is 2.83. The first-order valence-corrected chi connectivity index (χ1v) is 5.82. The lowest BCUT2D eigenvalue weighted by Gasteiger charge is -2.25. The van der Waals surface area contributed by atoms with E-state index in [-0.39, 0.29) is 6.09 Å². The highest BCUT2D eigenvalue weighted by atomic mass is 79.9. The van der Waals surface area contributed by atoms with Gasteiger partial charge in [-0.05, 0) is 48.8 Å². The Labute approximate surface area is 105 Å². The SMILES string of the molecule is CN(C(=O)OC(C)(C)C)c1ccccc1Br. The molecular weight excluding hydrogens is 270 g/mol. The van der Waals surface area contributed by atoms with Crippen LogP contribution in [-0.4, -0.2) is 18.7 Å². The Bertz CT molecular complexity index is 385. The summed E-state index contributed by atoms with van der Waals surface area (Å²) in [4.78, 5) is 13.3. The van der Waals surface area contributed by atoms with Gasteiger partial charge in [0.1, 0.15) is 5.60 Å². The largest absolute Gasteiger partial charge is 0.443 e. The Morgan fingerprint density at radius 3 is 2.38 bits per heavy atom. The number of hydrogen-bond acceptors (Lipinski definition) is 2. The van der Waals surface area contributed by atoms with Crippen LogP contribution in [0.15, 0.2) is 28.7 Å². The van der Waals surface area contributed by atoms with Gasteiger partial charge in [0.15, 0.2) is 0 Å². The minimum Gasteiger partial charge on any atom is -0.443 e. The van der Waals surface area contributed by atoms with Crippen LogP contribution in [-0.2, 0) is 4.74 Å². The van der Waals surface area contributed by atoms with Crippen LogP contribution in [0.4, 0.5) is 10.5 Å². The second kappa shape index (κ2) is 4.87. The Hall–Kier alpha value is -1.03. The van der Waals surface area contributed by atoms with E-state index in [0.717, 1.165) is 10.2 Å². The van der Waals surface area contributed by atoms with E-state index in [2.05, 4.69) is 15.9 Å². The van der Waals surface area contributed by atoms with E-state index in [1.54, 1.807) is 7.05 Å². The van der Waals surface area contributed by atoms with Gasteiger partial charge in [0.2, 0.25) is 0 Å². The average molecular weight is 286 g/mol. The van der Waals surface area contributed by atoms with Crippen LogP contribution < -0.4 is 4.90 Å². The van der Waals surface area contributed by atoms with Crippen molar-refractivity contribution in [1.82, 2.24) is 0 Å². The van der Waals surface area contributed by atoms with Gasteiger partial charge in [-0.25, -0.2) is 4.79 Å². The van der Waals surface area contributed by atoms with Gasteiger partial charge in [-0.3, -0.25) is 4.90 Å². The molecule has 0 N–H and O–H groups in total. The molecule has 0 aliphatic rings. The molecule has 3 nitrogen and oxygen atoms in total. The van der Waals surface area contributed by atoms with Gasteiger partial charge in [-0.1, -0.05) is 12.1 Å². The highest BCUT2D eigenvalue weighted by Crippen LogP contribution is 2.25. The van der Waals surface area contributed by atoms with E-state index < -0.39 is 5.60 Å². The molecule has 0 unspecified atom stereocenters. The molecule has 0 aliphatic carbocycles. The molecule has 0 heterocycles. The number of para-hydroxylation sites is 1. The van der Waals surface area contributed by atoms with Crippen molar-refractivity contribution in [3.05, 3.63) is 28.7 Å². The Kier molecular flexibility index (Phi) is 3.97. The first-order chi connectivity index (χ1) is 7.31. The quantitative estimate of drug-likeness (QED) is 0.785. The van der Waals surface area contributed by atoms with Crippen molar-refractivity contribution in [3.63, 3.8) is 0 Å². The molecule has 88 valence electrons. The number of carbonyl (C=O) groups excluding carboxylic acids is 1. The summed E-state index contributed by atoms with van der Waals surface area (Å²) in [5.74, 6) is 0. The van der Waals surface area contributed by atoms with Gasteiger partial charge in [0.25, 0.3) is 0 Å². The predicted octanol–water partition coefficient (Wildman–Crippen LogP) is 3.82. The standard InChI is InChI=1S/C12H16BrNO2/c1-12(2,3)16-11(15)14(4)10-8-6-5-7-9(10)13/h5-8H,1-4H3. The summed E-state index contributed by atoms with van der Waals surface area (Å²) in [5, 5.41) is 0. The summed E-state index contributed by atoms with van der Waals surface area (Å²) in [6, 6.07) is 7.52. The van der Waals surface area contributed by atoms with E-state index in [1.807, 2.05) is 45.0 Å². The minimum absolute atomic E-state index is 0.362. The smallest absolute Gasteiger partial charge is 0.414 e. The van der Waals surface area contributed by atoms with Crippen LogP contribution in [0.3, 0.4) is 0 Å². The van der Waals surface area contributed by atoms with Gasteiger partial charge in [-0.15, -0.1) is 0 Å².